The highest BCUT2D eigenvalue weighted by atomic mass is 16.5. The second kappa shape index (κ2) is 13.3. The fourth-order valence-corrected chi connectivity index (χ4v) is 5.45. The van der Waals surface area contributed by atoms with Crippen LogP contribution in [0.15, 0.2) is 12.2 Å². The number of nitrogens with zero attached hydrogens (tertiary/aromatic N) is 4. The molecule has 2 aliphatic rings. The smallest absolute Gasteiger partial charge is 0.327 e. The van der Waals surface area contributed by atoms with Crippen LogP contribution in [0.1, 0.15) is 59.3 Å². The highest BCUT2D eigenvalue weighted by Gasteiger charge is 2.77. The summed E-state index contributed by atoms with van der Waals surface area (Å²) in [6, 6.07) is -0.322. The zero-order valence-electron chi connectivity index (χ0n) is 21.9. The van der Waals surface area contributed by atoms with Crippen LogP contribution in [0.25, 0.3) is 0 Å². The van der Waals surface area contributed by atoms with E-state index >= 15 is 0 Å². The molecule has 0 aromatic rings. The summed E-state index contributed by atoms with van der Waals surface area (Å²) in [4.78, 5) is 34.8. The first-order valence-electron chi connectivity index (χ1n) is 12.4. The van der Waals surface area contributed by atoms with Gasteiger partial charge in [0.15, 0.2) is 11.3 Å². The Hall–Kier alpha value is -1.88. The third-order valence-corrected chi connectivity index (χ3v) is 6.81. The van der Waals surface area contributed by atoms with Crippen LogP contribution in [0.3, 0.4) is 0 Å². The minimum absolute atomic E-state index is 0.0680. The van der Waals surface area contributed by atoms with E-state index in [1.54, 1.807) is 36.0 Å². The molecule has 0 aromatic carbocycles. The van der Waals surface area contributed by atoms with E-state index in [4.69, 9.17) is 18.9 Å². The van der Waals surface area contributed by atoms with Gasteiger partial charge < -0.3 is 18.9 Å². The lowest BCUT2D eigenvalue weighted by Crippen LogP contribution is -2.68. The molecule has 10 heteroatoms. The van der Waals surface area contributed by atoms with Crippen LogP contribution in [-0.2, 0) is 18.9 Å². The lowest BCUT2D eigenvalue weighted by atomic mass is 9.83. The maximum atomic E-state index is 13.9. The molecule has 0 radical (unpaired) electrons. The van der Waals surface area contributed by atoms with Crippen molar-refractivity contribution in [3.63, 3.8) is 0 Å². The van der Waals surface area contributed by atoms with Crippen LogP contribution in [0.4, 0.5) is 9.59 Å². The first kappa shape index (κ1) is 28.4. The van der Waals surface area contributed by atoms with Crippen molar-refractivity contribution in [1.29, 1.82) is 0 Å². The van der Waals surface area contributed by atoms with Gasteiger partial charge in [0.1, 0.15) is 20.2 Å². The Morgan fingerprint density at radius 1 is 0.676 bits per heavy atom. The minimum atomic E-state index is -0.937. The summed E-state index contributed by atoms with van der Waals surface area (Å²) in [5.74, 6) is 0. The van der Waals surface area contributed by atoms with Crippen LogP contribution < -0.4 is 0 Å². The van der Waals surface area contributed by atoms with E-state index in [0.717, 1.165) is 25.7 Å². The van der Waals surface area contributed by atoms with E-state index in [-0.39, 0.29) is 32.3 Å². The fourth-order valence-electron chi connectivity index (χ4n) is 5.45. The number of likely N-dealkylation sites (N-methyl/N-ethyl adjacent to an activating group) is 1. The Kier molecular flexibility index (Phi) is 11.1. The van der Waals surface area contributed by atoms with Gasteiger partial charge >= 0.3 is 12.1 Å². The second-order valence-electron chi connectivity index (χ2n) is 8.70. The Morgan fingerprint density at radius 2 is 1.15 bits per heavy atom. The lowest BCUT2D eigenvalue weighted by molar-refractivity contribution is -0.130. The summed E-state index contributed by atoms with van der Waals surface area (Å²) < 4.78 is 22.0. The molecule has 2 fully saturated rings. The van der Waals surface area contributed by atoms with Crippen molar-refractivity contribution in [1.82, 2.24) is 19.6 Å². The highest BCUT2D eigenvalue weighted by molar-refractivity contribution is 5.88. The molecule has 0 saturated carbocycles. The molecule has 4 amide bonds. The number of carbonyl (C=O) groups is 2. The number of carbonyl (C=O) groups excluding carboxylic acids is 2. The van der Waals surface area contributed by atoms with Crippen molar-refractivity contribution < 1.29 is 28.5 Å². The number of amides is 4. The van der Waals surface area contributed by atoms with Gasteiger partial charge in [-0.15, -0.1) is 0 Å². The number of fused-ring (bicyclic) bond motifs is 1. The van der Waals surface area contributed by atoms with Gasteiger partial charge in [-0.1, -0.05) is 38.8 Å². The summed E-state index contributed by atoms with van der Waals surface area (Å²) >= 11 is 0. The minimum Gasteiger partial charge on any atom is -0.381 e. The van der Waals surface area contributed by atoms with Gasteiger partial charge in [0, 0.05) is 27.9 Å². The monoisotopic (exact) mass is 484 g/mol. The van der Waals surface area contributed by atoms with Gasteiger partial charge in [0.05, 0.1) is 13.2 Å². The SMILES string of the molecule is CCCCC12N(CC)C(=O)N(COC/C=C/COC)C1(CCCC)N(COC)C(=O)N2COC. The van der Waals surface area contributed by atoms with Crippen LogP contribution in [0.5, 0.6) is 0 Å². The zero-order chi connectivity index (χ0) is 25.2. The van der Waals surface area contributed by atoms with Crippen molar-refractivity contribution in [2.75, 3.05) is 61.3 Å². The molecule has 0 aromatic heterocycles. The molecule has 2 aliphatic heterocycles. The Balaban J connectivity index is 2.63. The van der Waals surface area contributed by atoms with Crippen LogP contribution in [0, 0.1) is 0 Å². The average Bonchev–Trinajstić information content (AvgIpc) is 3.15. The second-order valence-corrected chi connectivity index (χ2v) is 8.70. The quantitative estimate of drug-likeness (QED) is 0.232. The average molecular weight is 485 g/mol. The van der Waals surface area contributed by atoms with E-state index in [2.05, 4.69) is 13.8 Å². The first-order chi connectivity index (χ1) is 16.5. The van der Waals surface area contributed by atoms with Crippen molar-refractivity contribution >= 4 is 12.1 Å². The maximum absolute atomic E-state index is 13.9. The molecule has 2 atom stereocenters. The number of urea groups is 2. The van der Waals surface area contributed by atoms with Crippen molar-refractivity contribution in [3.05, 3.63) is 12.2 Å². The molecular formula is C24H44N4O6. The van der Waals surface area contributed by atoms with Gasteiger partial charge in [-0.2, -0.15) is 0 Å². The predicted molar refractivity (Wildman–Crippen MR) is 129 cm³/mol. The number of rotatable bonds is 17. The number of methoxy groups -OCH3 is 3. The van der Waals surface area contributed by atoms with Crippen molar-refractivity contribution in [2.45, 2.75) is 70.6 Å². The van der Waals surface area contributed by atoms with E-state index in [1.807, 2.05) is 24.0 Å². The highest BCUT2D eigenvalue weighted by Crippen LogP contribution is 2.56. The van der Waals surface area contributed by atoms with Crippen molar-refractivity contribution in [3.8, 4) is 0 Å². The standard InChI is InChI=1S/C24H44N4O6/c1-7-10-14-23-24(15-11-8-2,27(19-33-6)22(30)26(23)18-32-5)28(21(29)25(23)9-3)20-34-17-13-12-16-31-4/h12-13H,7-11,14-20H2,1-6H3/b13-12+. The Morgan fingerprint density at radius 3 is 1.62 bits per heavy atom. The maximum Gasteiger partial charge on any atom is 0.327 e. The van der Waals surface area contributed by atoms with Crippen LogP contribution in [-0.4, -0.2) is 104 Å². The van der Waals surface area contributed by atoms with Crippen LogP contribution in [0.2, 0.25) is 0 Å². The third-order valence-electron chi connectivity index (χ3n) is 6.81. The Labute approximate surface area is 204 Å². The summed E-state index contributed by atoms with van der Waals surface area (Å²) in [6.07, 6.45) is 8.59. The predicted octanol–water partition coefficient (Wildman–Crippen LogP) is 3.64. The van der Waals surface area contributed by atoms with E-state index in [1.165, 1.54) is 0 Å². The normalized spacial score (nSPS) is 24.9. The van der Waals surface area contributed by atoms with E-state index in [0.29, 0.717) is 32.6 Å². The third kappa shape index (κ3) is 4.78. The number of ether oxygens (including phenoxy) is 4. The first-order valence-corrected chi connectivity index (χ1v) is 12.4. The molecule has 10 nitrogen and oxygen atoms in total. The Bertz CT molecular complexity index is 692. The topological polar surface area (TPSA) is 84.0 Å². The zero-order valence-corrected chi connectivity index (χ0v) is 21.9. The number of hydrogen-bond acceptors (Lipinski definition) is 6. The number of unbranched alkanes of at least 4 members (excludes halogenated alkanes) is 2. The molecule has 2 heterocycles. The molecule has 2 saturated heterocycles. The molecule has 0 bridgehead atoms. The molecule has 2 unspecified atom stereocenters. The summed E-state index contributed by atoms with van der Waals surface area (Å²) in [5.41, 5.74) is -1.82. The van der Waals surface area contributed by atoms with Gasteiger partial charge in [-0.05, 0) is 32.6 Å². The molecule has 2 rings (SSSR count). The van der Waals surface area contributed by atoms with Gasteiger partial charge in [0.25, 0.3) is 0 Å². The molecule has 196 valence electrons. The van der Waals surface area contributed by atoms with E-state index < -0.39 is 11.3 Å². The largest absolute Gasteiger partial charge is 0.381 e. The molecule has 0 N–H and O–H groups in total. The lowest BCUT2D eigenvalue weighted by Gasteiger charge is -2.49. The van der Waals surface area contributed by atoms with Gasteiger partial charge in [0.2, 0.25) is 0 Å². The summed E-state index contributed by atoms with van der Waals surface area (Å²) in [5, 5.41) is 0. The molecule has 34 heavy (non-hydrogen) atoms. The molecular weight excluding hydrogens is 440 g/mol. The molecule has 0 aliphatic carbocycles. The van der Waals surface area contributed by atoms with Crippen molar-refractivity contribution in [2.24, 2.45) is 0 Å². The van der Waals surface area contributed by atoms with Gasteiger partial charge in [-0.3, -0.25) is 19.6 Å². The van der Waals surface area contributed by atoms with E-state index in [9.17, 15) is 9.59 Å². The fraction of sp³-hybridized carbons (Fsp3) is 0.833. The van der Waals surface area contributed by atoms with Gasteiger partial charge in [-0.25, -0.2) is 9.59 Å². The molecule has 0 spiro atoms. The van der Waals surface area contributed by atoms with Crippen LogP contribution >= 0.6 is 0 Å². The summed E-state index contributed by atoms with van der Waals surface area (Å²) in [7, 11) is 4.78. The number of hydrogen-bond donors (Lipinski definition) is 0. The summed E-state index contributed by atoms with van der Waals surface area (Å²) in [6.45, 7) is 7.74.